The molecule has 2 rings (SSSR count). The van der Waals surface area contributed by atoms with Crippen LogP contribution in [0.3, 0.4) is 0 Å². The molecule has 2 aliphatic heterocycles. The van der Waals surface area contributed by atoms with Crippen LogP contribution in [0.5, 0.6) is 0 Å². The van der Waals surface area contributed by atoms with E-state index in [1.54, 1.807) is 6.08 Å². The Balaban J connectivity index is 1.84. The molecule has 1 N–H and O–H groups in total. The van der Waals surface area contributed by atoms with Crippen molar-refractivity contribution in [3.63, 3.8) is 0 Å². The lowest BCUT2D eigenvalue weighted by Crippen LogP contribution is -2.35. The minimum Gasteiger partial charge on any atom is -0.463 e. The van der Waals surface area contributed by atoms with Gasteiger partial charge in [0.15, 0.2) is 0 Å². The summed E-state index contributed by atoms with van der Waals surface area (Å²) in [6.07, 6.45) is 4.69. The first-order valence-electron chi connectivity index (χ1n) is 7.04. The second-order valence-corrected chi connectivity index (χ2v) is 5.17. The lowest BCUT2D eigenvalue weighted by Gasteiger charge is -2.25. The van der Waals surface area contributed by atoms with Gasteiger partial charge in [0.25, 0.3) is 0 Å². The number of carbonyl (C=O) groups excluding carboxylic acids is 1. The lowest BCUT2D eigenvalue weighted by atomic mass is 9.93. The summed E-state index contributed by atoms with van der Waals surface area (Å²) < 4.78 is 4.88. The molecule has 102 valence electrons. The van der Waals surface area contributed by atoms with Gasteiger partial charge in [-0.1, -0.05) is 13.0 Å². The third-order valence-corrected chi connectivity index (χ3v) is 4.12. The van der Waals surface area contributed by atoms with E-state index in [0.717, 1.165) is 38.0 Å². The smallest absolute Gasteiger partial charge is 0.330 e. The molecule has 3 unspecified atom stereocenters. The number of rotatable bonds is 5. The van der Waals surface area contributed by atoms with Crippen LogP contribution in [0.1, 0.15) is 20.3 Å². The average molecular weight is 252 g/mol. The van der Waals surface area contributed by atoms with Crippen molar-refractivity contribution >= 4 is 5.97 Å². The summed E-state index contributed by atoms with van der Waals surface area (Å²) in [4.78, 5) is 13.7. The number of ether oxygens (including phenoxy) is 1. The predicted molar refractivity (Wildman–Crippen MR) is 71.3 cm³/mol. The van der Waals surface area contributed by atoms with Crippen molar-refractivity contribution in [2.45, 2.75) is 26.3 Å². The van der Waals surface area contributed by atoms with E-state index in [9.17, 15) is 4.79 Å². The standard InChI is InChI=1S/C14H24N2O2/c1-3-13-12-9-15-8-11(12)10-16(13)7-5-6-14(17)18-4-2/h5-6,11-13,15H,3-4,7-10H2,1-2H3/b6-5+. The van der Waals surface area contributed by atoms with E-state index in [4.69, 9.17) is 4.74 Å². The minimum atomic E-state index is -0.230. The number of carbonyl (C=O) groups is 1. The molecule has 0 amide bonds. The molecule has 0 aromatic rings. The topological polar surface area (TPSA) is 41.6 Å². The van der Waals surface area contributed by atoms with Crippen LogP contribution in [0.25, 0.3) is 0 Å². The van der Waals surface area contributed by atoms with Crippen molar-refractivity contribution < 1.29 is 9.53 Å². The van der Waals surface area contributed by atoms with Crippen LogP contribution < -0.4 is 5.32 Å². The normalized spacial score (nSPS) is 32.0. The van der Waals surface area contributed by atoms with E-state index in [-0.39, 0.29) is 5.97 Å². The van der Waals surface area contributed by atoms with E-state index >= 15 is 0 Å². The number of nitrogens with zero attached hydrogens (tertiary/aromatic N) is 1. The van der Waals surface area contributed by atoms with Crippen molar-refractivity contribution in [2.75, 3.05) is 32.8 Å². The maximum atomic E-state index is 11.2. The van der Waals surface area contributed by atoms with E-state index in [2.05, 4.69) is 17.1 Å². The van der Waals surface area contributed by atoms with E-state index in [1.807, 2.05) is 13.0 Å². The van der Waals surface area contributed by atoms with Crippen LogP contribution in [0.15, 0.2) is 12.2 Å². The minimum absolute atomic E-state index is 0.230. The van der Waals surface area contributed by atoms with Crippen molar-refractivity contribution in [3.05, 3.63) is 12.2 Å². The van der Waals surface area contributed by atoms with Crippen LogP contribution in [0.2, 0.25) is 0 Å². The molecule has 0 radical (unpaired) electrons. The predicted octanol–water partition coefficient (Wildman–Crippen LogP) is 1.04. The van der Waals surface area contributed by atoms with Crippen LogP contribution >= 0.6 is 0 Å². The van der Waals surface area contributed by atoms with E-state index in [0.29, 0.717) is 12.6 Å². The highest BCUT2D eigenvalue weighted by atomic mass is 16.5. The Labute approximate surface area is 109 Å². The second kappa shape index (κ2) is 6.34. The van der Waals surface area contributed by atoms with Crippen LogP contribution in [-0.2, 0) is 9.53 Å². The zero-order chi connectivity index (χ0) is 13.0. The van der Waals surface area contributed by atoms with Crippen molar-refractivity contribution in [3.8, 4) is 0 Å². The van der Waals surface area contributed by atoms with Crippen molar-refractivity contribution in [1.82, 2.24) is 10.2 Å². The van der Waals surface area contributed by atoms with Gasteiger partial charge in [-0.2, -0.15) is 0 Å². The monoisotopic (exact) mass is 252 g/mol. The van der Waals surface area contributed by atoms with Crippen molar-refractivity contribution in [1.29, 1.82) is 0 Å². The fraction of sp³-hybridized carbons (Fsp3) is 0.786. The molecule has 2 aliphatic rings. The Morgan fingerprint density at radius 1 is 1.44 bits per heavy atom. The van der Waals surface area contributed by atoms with Gasteiger partial charge in [-0.3, -0.25) is 4.90 Å². The lowest BCUT2D eigenvalue weighted by molar-refractivity contribution is -0.137. The molecule has 4 heteroatoms. The van der Waals surface area contributed by atoms with Gasteiger partial charge < -0.3 is 10.1 Å². The molecule has 4 nitrogen and oxygen atoms in total. The molecular formula is C14H24N2O2. The molecule has 0 spiro atoms. The summed E-state index contributed by atoms with van der Waals surface area (Å²) in [5.41, 5.74) is 0. The molecule has 0 aromatic carbocycles. The first-order valence-corrected chi connectivity index (χ1v) is 7.04. The molecule has 2 fully saturated rings. The summed E-state index contributed by atoms with van der Waals surface area (Å²) in [7, 11) is 0. The van der Waals surface area contributed by atoms with Gasteiger partial charge in [0, 0.05) is 25.2 Å². The van der Waals surface area contributed by atoms with Crippen LogP contribution in [-0.4, -0.2) is 49.7 Å². The van der Waals surface area contributed by atoms with Gasteiger partial charge in [0.05, 0.1) is 6.61 Å². The van der Waals surface area contributed by atoms with Gasteiger partial charge >= 0.3 is 5.97 Å². The fourth-order valence-electron chi connectivity index (χ4n) is 3.36. The molecule has 0 bridgehead atoms. The zero-order valence-corrected chi connectivity index (χ0v) is 11.4. The SMILES string of the molecule is CCOC(=O)/C=C/CN1CC2CNCC2C1CC. The maximum Gasteiger partial charge on any atom is 0.330 e. The molecule has 0 aromatic heterocycles. The largest absolute Gasteiger partial charge is 0.463 e. The second-order valence-electron chi connectivity index (χ2n) is 5.17. The number of fused-ring (bicyclic) bond motifs is 1. The van der Waals surface area contributed by atoms with E-state index in [1.165, 1.54) is 6.42 Å². The Kier molecular flexibility index (Phi) is 4.78. The van der Waals surface area contributed by atoms with Crippen LogP contribution in [0.4, 0.5) is 0 Å². The highest BCUT2D eigenvalue weighted by Crippen LogP contribution is 2.33. The van der Waals surface area contributed by atoms with Crippen LogP contribution in [0, 0.1) is 11.8 Å². The number of hydrogen-bond acceptors (Lipinski definition) is 4. The number of hydrogen-bond donors (Lipinski definition) is 1. The summed E-state index contributed by atoms with van der Waals surface area (Å²) in [6.45, 7) is 8.86. The van der Waals surface area contributed by atoms with Gasteiger partial charge in [-0.25, -0.2) is 4.79 Å². The highest BCUT2D eigenvalue weighted by molar-refractivity contribution is 5.81. The molecule has 0 saturated carbocycles. The first-order chi connectivity index (χ1) is 8.76. The average Bonchev–Trinajstić information content (AvgIpc) is 2.89. The van der Waals surface area contributed by atoms with Crippen molar-refractivity contribution in [2.24, 2.45) is 11.8 Å². The Morgan fingerprint density at radius 2 is 2.28 bits per heavy atom. The molecule has 2 heterocycles. The molecule has 2 saturated heterocycles. The summed E-state index contributed by atoms with van der Waals surface area (Å²) in [6, 6.07) is 0.664. The maximum absolute atomic E-state index is 11.2. The summed E-state index contributed by atoms with van der Waals surface area (Å²) in [5.74, 6) is 1.36. The molecule has 3 atom stereocenters. The third kappa shape index (κ3) is 2.93. The first kappa shape index (κ1) is 13.6. The summed E-state index contributed by atoms with van der Waals surface area (Å²) >= 11 is 0. The number of esters is 1. The Hall–Kier alpha value is -0.870. The highest BCUT2D eigenvalue weighted by Gasteiger charge is 2.42. The summed E-state index contributed by atoms with van der Waals surface area (Å²) in [5, 5.41) is 3.48. The molecule has 18 heavy (non-hydrogen) atoms. The van der Waals surface area contributed by atoms with Gasteiger partial charge in [0.1, 0.15) is 0 Å². The molecular weight excluding hydrogens is 228 g/mol. The Morgan fingerprint density at radius 3 is 3.00 bits per heavy atom. The zero-order valence-electron chi connectivity index (χ0n) is 11.4. The fourth-order valence-corrected chi connectivity index (χ4v) is 3.36. The molecule has 0 aliphatic carbocycles. The van der Waals surface area contributed by atoms with Gasteiger partial charge in [-0.15, -0.1) is 0 Å². The van der Waals surface area contributed by atoms with Gasteiger partial charge in [0.2, 0.25) is 0 Å². The number of nitrogens with one attached hydrogen (secondary N) is 1. The quantitative estimate of drug-likeness (QED) is 0.586. The van der Waals surface area contributed by atoms with Gasteiger partial charge in [-0.05, 0) is 38.3 Å². The third-order valence-electron chi connectivity index (χ3n) is 4.12. The Bertz CT molecular complexity index is 317. The number of likely N-dealkylation sites (tertiary alicyclic amines) is 1. The van der Waals surface area contributed by atoms with E-state index < -0.39 is 0 Å².